The molecule has 0 bridgehead atoms. The molecule has 0 saturated heterocycles. The van der Waals surface area contributed by atoms with Crippen LogP contribution in [0, 0.1) is 0 Å². The molecule has 0 fully saturated rings. The van der Waals surface area contributed by atoms with Crippen molar-refractivity contribution in [1.29, 1.82) is 0 Å². The van der Waals surface area contributed by atoms with Crippen molar-refractivity contribution in [3.8, 4) is 11.1 Å². The van der Waals surface area contributed by atoms with Crippen LogP contribution >= 0.6 is 0 Å². The number of aromatic nitrogens is 5. The number of anilines is 2. The van der Waals surface area contributed by atoms with Crippen LogP contribution in [0.5, 0.6) is 0 Å². The summed E-state index contributed by atoms with van der Waals surface area (Å²) in [6.45, 7) is 0. The van der Waals surface area contributed by atoms with E-state index in [2.05, 4.69) is 20.4 Å². The fraction of sp³-hybridized carbons (Fsp3) is 0.0714. The van der Waals surface area contributed by atoms with Gasteiger partial charge in [-0.05, 0) is 18.2 Å². The van der Waals surface area contributed by atoms with Gasteiger partial charge in [0.1, 0.15) is 11.2 Å². The molecule has 4 aromatic heterocycles. The van der Waals surface area contributed by atoms with E-state index in [0.29, 0.717) is 5.82 Å². The summed E-state index contributed by atoms with van der Waals surface area (Å²) in [4.78, 5) is 8.50. The quantitative estimate of drug-likeness (QED) is 0.583. The standard InChI is InChI=1S/C14H13N7/c1-16-13-12-10(4-6-21(12)19-14(15)18-13)9-2-3-11-17-5-7-20(11)8-9/h2-8H,1H3,(H3,15,16,18,19). The lowest BCUT2D eigenvalue weighted by Crippen LogP contribution is -2.05. The summed E-state index contributed by atoms with van der Waals surface area (Å²) in [5.41, 5.74) is 9.62. The second-order valence-corrected chi connectivity index (χ2v) is 4.70. The van der Waals surface area contributed by atoms with Crippen LogP contribution < -0.4 is 11.1 Å². The van der Waals surface area contributed by atoms with Gasteiger partial charge in [0.05, 0.1) is 0 Å². The van der Waals surface area contributed by atoms with E-state index in [1.165, 1.54) is 0 Å². The summed E-state index contributed by atoms with van der Waals surface area (Å²) >= 11 is 0. The molecule has 0 aliphatic heterocycles. The van der Waals surface area contributed by atoms with Crippen molar-refractivity contribution >= 4 is 22.9 Å². The maximum absolute atomic E-state index is 5.71. The van der Waals surface area contributed by atoms with E-state index >= 15 is 0 Å². The molecule has 0 amide bonds. The molecule has 0 aliphatic carbocycles. The molecular weight excluding hydrogens is 266 g/mol. The predicted octanol–water partition coefficient (Wildman–Crippen LogP) is 1.67. The topological polar surface area (TPSA) is 85.5 Å². The Morgan fingerprint density at radius 3 is 2.95 bits per heavy atom. The average Bonchev–Trinajstić information content (AvgIpc) is 3.11. The van der Waals surface area contributed by atoms with E-state index in [4.69, 9.17) is 5.73 Å². The van der Waals surface area contributed by atoms with E-state index in [9.17, 15) is 0 Å². The van der Waals surface area contributed by atoms with E-state index < -0.39 is 0 Å². The number of pyridine rings is 1. The fourth-order valence-electron chi connectivity index (χ4n) is 2.53. The van der Waals surface area contributed by atoms with Gasteiger partial charge >= 0.3 is 0 Å². The van der Waals surface area contributed by atoms with Gasteiger partial charge in [-0.2, -0.15) is 4.98 Å². The van der Waals surface area contributed by atoms with Crippen LogP contribution in [0.15, 0.2) is 43.0 Å². The Kier molecular flexibility index (Phi) is 2.34. The average molecular weight is 279 g/mol. The summed E-state index contributed by atoms with van der Waals surface area (Å²) in [5.74, 6) is 0.937. The molecule has 0 unspecified atom stereocenters. The summed E-state index contributed by atoms with van der Waals surface area (Å²) < 4.78 is 3.72. The number of nitrogens with zero attached hydrogens (tertiary/aromatic N) is 5. The van der Waals surface area contributed by atoms with E-state index in [1.54, 1.807) is 10.7 Å². The molecule has 0 radical (unpaired) electrons. The Bertz CT molecular complexity index is 950. The van der Waals surface area contributed by atoms with Gasteiger partial charge in [0, 0.05) is 43.0 Å². The third kappa shape index (κ3) is 1.71. The summed E-state index contributed by atoms with van der Waals surface area (Å²) in [7, 11) is 1.82. The van der Waals surface area contributed by atoms with Crippen LogP contribution in [-0.2, 0) is 0 Å². The maximum Gasteiger partial charge on any atom is 0.240 e. The second-order valence-electron chi connectivity index (χ2n) is 4.70. The number of rotatable bonds is 2. The number of fused-ring (bicyclic) bond motifs is 2. The highest BCUT2D eigenvalue weighted by Crippen LogP contribution is 2.29. The lowest BCUT2D eigenvalue weighted by Gasteiger charge is -2.07. The Hall–Kier alpha value is -3.09. The first-order chi connectivity index (χ1) is 10.3. The Morgan fingerprint density at radius 2 is 2.10 bits per heavy atom. The lowest BCUT2D eigenvalue weighted by molar-refractivity contribution is 0.919. The molecule has 7 nitrogen and oxygen atoms in total. The molecule has 0 spiro atoms. The molecule has 0 saturated carbocycles. The predicted molar refractivity (Wildman–Crippen MR) is 81.1 cm³/mol. The van der Waals surface area contributed by atoms with Gasteiger partial charge in [-0.15, -0.1) is 5.10 Å². The lowest BCUT2D eigenvalue weighted by atomic mass is 10.1. The Morgan fingerprint density at radius 1 is 1.19 bits per heavy atom. The van der Waals surface area contributed by atoms with Gasteiger partial charge in [0.2, 0.25) is 5.95 Å². The van der Waals surface area contributed by atoms with Gasteiger partial charge in [0.25, 0.3) is 0 Å². The largest absolute Gasteiger partial charge is 0.371 e. The molecular formula is C14H13N7. The zero-order chi connectivity index (χ0) is 14.4. The number of imidazole rings is 1. The fourth-order valence-corrected chi connectivity index (χ4v) is 2.53. The van der Waals surface area contributed by atoms with Crippen molar-refractivity contribution in [2.24, 2.45) is 0 Å². The first-order valence-corrected chi connectivity index (χ1v) is 6.52. The first kappa shape index (κ1) is 11.7. The molecule has 4 rings (SSSR count). The highest BCUT2D eigenvalue weighted by atomic mass is 15.3. The highest BCUT2D eigenvalue weighted by molar-refractivity contribution is 5.88. The second kappa shape index (κ2) is 4.20. The molecule has 104 valence electrons. The Labute approximate surface area is 120 Å². The summed E-state index contributed by atoms with van der Waals surface area (Å²) in [5, 5.41) is 7.28. The third-order valence-electron chi connectivity index (χ3n) is 3.46. The molecule has 3 N–H and O–H groups in total. The van der Waals surface area contributed by atoms with Gasteiger partial charge in [0.15, 0.2) is 5.82 Å². The van der Waals surface area contributed by atoms with Crippen molar-refractivity contribution in [3.05, 3.63) is 43.0 Å². The van der Waals surface area contributed by atoms with Gasteiger partial charge in [-0.3, -0.25) is 0 Å². The Balaban J connectivity index is 2.01. The number of nitrogens with one attached hydrogen (secondary N) is 1. The molecule has 4 aromatic rings. The molecule has 0 aliphatic rings. The molecule has 7 heteroatoms. The summed E-state index contributed by atoms with van der Waals surface area (Å²) in [6.07, 6.45) is 7.61. The zero-order valence-electron chi connectivity index (χ0n) is 11.4. The minimum absolute atomic E-state index is 0.235. The normalized spacial score (nSPS) is 11.3. The van der Waals surface area contributed by atoms with E-state index in [-0.39, 0.29) is 5.95 Å². The van der Waals surface area contributed by atoms with Crippen LogP contribution in [0.25, 0.3) is 22.3 Å². The molecule has 0 atom stereocenters. The van der Waals surface area contributed by atoms with Crippen molar-refractivity contribution in [1.82, 2.24) is 24.0 Å². The third-order valence-corrected chi connectivity index (χ3v) is 3.46. The van der Waals surface area contributed by atoms with Gasteiger partial charge in [-0.25, -0.2) is 9.50 Å². The minimum atomic E-state index is 0.235. The van der Waals surface area contributed by atoms with Crippen LogP contribution in [-0.4, -0.2) is 31.0 Å². The SMILES string of the molecule is CNc1nc(N)nn2ccc(-c3ccc4nccn4c3)c12. The van der Waals surface area contributed by atoms with Gasteiger partial charge in [-0.1, -0.05) is 0 Å². The first-order valence-electron chi connectivity index (χ1n) is 6.52. The van der Waals surface area contributed by atoms with Gasteiger partial charge < -0.3 is 15.5 Å². The number of nitrogen functional groups attached to an aromatic ring is 1. The minimum Gasteiger partial charge on any atom is -0.371 e. The van der Waals surface area contributed by atoms with Crippen LogP contribution in [0.3, 0.4) is 0 Å². The van der Waals surface area contributed by atoms with Crippen LogP contribution in [0.4, 0.5) is 11.8 Å². The van der Waals surface area contributed by atoms with Crippen molar-refractivity contribution in [2.75, 3.05) is 18.1 Å². The molecule has 4 heterocycles. The maximum atomic E-state index is 5.71. The van der Waals surface area contributed by atoms with Crippen molar-refractivity contribution in [3.63, 3.8) is 0 Å². The highest BCUT2D eigenvalue weighted by Gasteiger charge is 2.12. The number of nitrogens with two attached hydrogens (primary N) is 1. The molecule has 21 heavy (non-hydrogen) atoms. The number of hydrogen-bond donors (Lipinski definition) is 2. The monoisotopic (exact) mass is 279 g/mol. The molecule has 0 aromatic carbocycles. The van der Waals surface area contributed by atoms with Crippen molar-refractivity contribution in [2.45, 2.75) is 0 Å². The van der Waals surface area contributed by atoms with Crippen molar-refractivity contribution < 1.29 is 0 Å². The zero-order valence-corrected chi connectivity index (χ0v) is 11.4. The van der Waals surface area contributed by atoms with Crippen LogP contribution in [0.2, 0.25) is 0 Å². The number of hydrogen-bond acceptors (Lipinski definition) is 5. The van der Waals surface area contributed by atoms with Crippen LogP contribution in [0.1, 0.15) is 0 Å². The smallest absolute Gasteiger partial charge is 0.240 e. The van der Waals surface area contributed by atoms with E-state index in [1.807, 2.05) is 48.2 Å². The summed E-state index contributed by atoms with van der Waals surface area (Å²) in [6, 6.07) is 6.02. The van der Waals surface area contributed by atoms with E-state index in [0.717, 1.165) is 22.3 Å².